The van der Waals surface area contributed by atoms with Crippen LogP contribution < -0.4 is 4.74 Å². The third-order valence-corrected chi connectivity index (χ3v) is 2.75. The summed E-state index contributed by atoms with van der Waals surface area (Å²) in [6.07, 6.45) is 3.99. The van der Waals surface area contributed by atoms with Crippen LogP contribution in [0.5, 0.6) is 5.75 Å². The maximum atomic E-state index is 5.35. The molecule has 0 atom stereocenters. The Morgan fingerprint density at radius 2 is 1.83 bits per heavy atom. The van der Waals surface area contributed by atoms with E-state index in [1.807, 2.05) is 59.3 Å². The number of para-hydroxylation sites is 1. The predicted molar refractivity (Wildman–Crippen MR) is 82.6 cm³/mol. The molecule has 0 saturated heterocycles. The molecule has 3 aromatic rings. The van der Waals surface area contributed by atoms with Crippen LogP contribution in [0.3, 0.4) is 0 Å². The molecule has 0 radical (unpaired) electrons. The minimum atomic E-state index is 0. The third-order valence-electron chi connectivity index (χ3n) is 2.75. The maximum absolute atomic E-state index is 5.35. The van der Waals surface area contributed by atoms with E-state index in [2.05, 4.69) is 4.98 Å². The molecule has 2 heterocycles. The van der Waals surface area contributed by atoms with Gasteiger partial charge in [0.15, 0.2) is 0 Å². The zero-order chi connectivity index (χ0) is 11.7. The van der Waals surface area contributed by atoms with Crippen LogP contribution in [0.2, 0.25) is 0 Å². The van der Waals surface area contributed by atoms with Crippen molar-refractivity contribution in [2.24, 2.45) is 0 Å². The van der Waals surface area contributed by atoms with Crippen LogP contribution in [-0.2, 0) is 0 Å². The van der Waals surface area contributed by atoms with Gasteiger partial charge in [-0.15, -0.1) is 24.0 Å². The molecule has 0 saturated carbocycles. The number of aromatic nitrogens is 2. The Bertz CT molecular complexity index is 630. The van der Waals surface area contributed by atoms with Gasteiger partial charge in [-0.05, 0) is 24.3 Å². The zero-order valence-electron chi connectivity index (χ0n) is 9.91. The van der Waals surface area contributed by atoms with E-state index in [1.54, 1.807) is 7.11 Å². The SMILES string of the molecule is COc1ccccc1-c1cn2ccccc2n1.I. The number of ether oxygens (including phenoxy) is 1. The summed E-state index contributed by atoms with van der Waals surface area (Å²) in [6.45, 7) is 0. The van der Waals surface area contributed by atoms with Gasteiger partial charge in [-0.25, -0.2) is 4.98 Å². The van der Waals surface area contributed by atoms with Crippen molar-refractivity contribution in [3.8, 4) is 17.0 Å². The Hall–Kier alpha value is -1.56. The fourth-order valence-electron chi connectivity index (χ4n) is 1.92. The molecule has 1 aromatic carbocycles. The van der Waals surface area contributed by atoms with E-state index >= 15 is 0 Å². The average molecular weight is 352 g/mol. The number of imidazole rings is 1. The largest absolute Gasteiger partial charge is 0.496 e. The van der Waals surface area contributed by atoms with Gasteiger partial charge in [0.25, 0.3) is 0 Å². The second kappa shape index (κ2) is 5.39. The van der Waals surface area contributed by atoms with E-state index in [9.17, 15) is 0 Å². The molecule has 3 rings (SSSR count). The van der Waals surface area contributed by atoms with Crippen molar-refractivity contribution in [1.29, 1.82) is 0 Å². The molecule has 0 aliphatic carbocycles. The molecule has 4 heteroatoms. The van der Waals surface area contributed by atoms with Crippen LogP contribution >= 0.6 is 24.0 Å². The molecular weight excluding hydrogens is 339 g/mol. The van der Waals surface area contributed by atoms with Gasteiger partial charge in [-0.1, -0.05) is 18.2 Å². The molecule has 3 nitrogen and oxygen atoms in total. The van der Waals surface area contributed by atoms with E-state index < -0.39 is 0 Å². The molecule has 0 bridgehead atoms. The Kier molecular flexibility index (Phi) is 3.86. The van der Waals surface area contributed by atoms with Crippen LogP contribution in [0.25, 0.3) is 16.9 Å². The van der Waals surface area contributed by atoms with Crippen LogP contribution in [0, 0.1) is 0 Å². The summed E-state index contributed by atoms with van der Waals surface area (Å²) in [5.41, 5.74) is 2.88. The van der Waals surface area contributed by atoms with Crippen LogP contribution in [0.15, 0.2) is 54.9 Å². The number of methoxy groups -OCH3 is 1. The summed E-state index contributed by atoms with van der Waals surface area (Å²) in [4.78, 5) is 4.57. The lowest BCUT2D eigenvalue weighted by molar-refractivity contribution is 0.416. The minimum Gasteiger partial charge on any atom is -0.496 e. The number of rotatable bonds is 2. The van der Waals surface area contributed by atoms with Gasteiger partial charge in [0, 0.05) is 18.0 Å². The Morgan fingerprint density at radius 1 is 1.06 bits per heavy atom. The van der Waals surface area contributed by atoms with Crippen molar-refractivity contribution in [2.75, 3.05) is 7.11 Å². The fourth-order valence-corrected chi connectivity index (χ4v) is 1.92. The summed E-state index contributed by atoms with van der Waals surface area (Å²) in [5.74, 6) is 0.843. The average Bonchev–Trinajstić information content (AvgIpc) is 2.82. The third kappa shape index (κ3) is 2.20. The number of benzene rings is 1. The van der Waals surface area contributed by atoms with E-state index in [4.69, 9.17) is 4.74 Å². The second-order valence-electron chi connectivity index (χ2n) is 3.79. The normalized spacial score (nSPS) is 10.1. The lowest BCUT2D eigenvalue weighted by Crippen LogP contribution is -1.86. The lowest BCUT2D eigenvalue weighted by Gasteiger charge is -2.04. The first kappa shape index (κ1) is 12.9. The highest BCUT2D eigenvalue weighted by Gasteiger charge is 2.08. The van der Waals surface area contributed by atoms with Gasteiger partial charge < -0.3 is 9.14 Å². The molecule has 2 aromatic heterocycles. The molecule has 0 aliphatic heterocycles. The highest BCUT2D eigenvalue weighted by Crippen LogP contribution is 2.28. The summed E-state index contributed by atoms with van der Waals surface area (Å²) in [6, 6.07) is 13.9. The van der Waals surface area contributed by atoms with Crippen molar-refractivity contribution in [3.63, 3.8) is 0 Å². The lowest BCUT2D eigenvalue weighted by atomic mass is 10.1. The van der Waals surface area contributed by atoms with Gasteiger partial charge in [0.1, 0.15) is 11.4 Å². The van der Waals surface area contributed by atoms with E-state index in [1.165, 1.54) is 0 Å². The fraction of sp³-hybridized carbons (Fsp3) is 0.0714. The first-order chi connectivity index (χ1) is 8.38. The van der Waals surface area contributed by atoms with Crippen molar-refractivity contribution in [2.45, 2.75) is 0 Å². The van der Waals surface area contributed by atoms with Crippen molar-refractivity contribution in [1.82, 2.24) is 9.38 Å². The zero-order valence-corrected chi connectivity index (χ0v) is 12.2. The Morgan fingerprint density at radius 3 is 2.61 bits per heavy atom. The summed E-state index contributed by atoms with van der Waals surface area (Å²) in [5, 5.41) is 0. The highest BCUT2D eigenvalue weighted by atomic mass is 127. The number of hydrogen-bond acceptors (Lipinski definition) is 2. The summed E-state index contributed by atoms with van der Waals surface area (Å²) in [7, 11) is 1.68. The molecule has 0 fully saturated rings. The highest BCUT2D eigenvalue weighted by molar-refractivity contribution is 14.0. The van der Waals surface area contributed by atoms with Crippen molar-refractivity contribution >= 4 is 29.6 Å². The topological polar surface area (TPSA) is 26.5 Å². The quantitative estimate of drug-likeness (QED) is 0.659. The standard InChI is InChI=1S/C14H12N2O.HI/c1-17-13-7-3-2-6-11(13)12-10-16-9-5-4-8-14(16)15-12;/h2-10H,1H3;1H. The van der Waals surface area contributed by atoms with Crippen molar-refractivity contribution in [3.05, 3.63) is 54.9 Å². The summed E-state index contributed by atoms with van der Waals surface area (Å²) >= 11 is 0. The van der Waals surface area contributed by atoms with Crippen LogP contribution in [0.1, 0.15) is 0 Å². The maximum Gasteiger partial charge on any atom is 0.137 e. The first-order valence-corrected chi connectivity index (χ1v) is 5.45. The second-order valence-corrected chi connectivity index (χ2v) is 3.79. The van der Waals surface area contributed by atoms with E-state index in [0.29, 0.717) is 0 Å². The molecule has 18 heavy (non-hydrogen) atoms. The number of hydrogen-bond donors (Lipinski definition) is 0. The number of halogens is 1. The van der Waals surface area contributed by atoms with Crippen LogP contribution in [-0.4, -0.2) is 16.5 Å². The van der Waals surface area contributed by atoms with Crippen molar-refractivity contribution < 1.29 is 4.74 Å². The summed E-state index contributed by atoms with van der Waals surface area (Å²) < 4.78 is 7.35. The Balaban J connectivity index is 0.00000120. The molecule has 0 amide bonds. The van der Waals surface area contributed by atoms with Gasteiger partial charge >= 0.3 is 0 Å². The van der Waals surface area contributed by atoms with E-state index in [0.717, 1.165) is 22.7 Å². The van der Waals surface area contributed by atoms with Gasteiger partial charge in [0.05, 0.1) is 12.8 Å². The molecule has 0 aliphatic rings. The minimum absolute atomic E-state index is 0. The smallest absolute Gasteiger partial charge is 0.137 e. The number of pyridine rings is 1. The molecule has 0 spiro atoms. The molecule has 0 unspecified atom stereocenters. The number of fused-ring (bicyclic) bond motifs is 1. The van der Waals surface area contributed by atoms with Crippen LogP contribution in [0.4, 0.5) is 0 Å². The van der Waals surface area contributed by atoms with E-state index in [-0.39, 0.29) is 24.0 Å². The monoisotopic (exact) mass is 352 g/mol. The van der Waals surface area contributed by atoms with Gasteiger partial charge in [0.2, 0.25) is 0 Å². The molecular formula is C14H13IN2O. The molecule has 0 N–H and O–H groups in total. The molecule has 92 valence electrons. The first-order valence-electron chi connectivity index (χ1n) is 5.45. The van der Waals surface area contributed by atoms with Gasteiger partial charge in [-0.2, -0.15) is 0 Å². The number of nitrogens with zero attached hydrogens (tertiary/aromatic N) is 2. The Labute approximate surface area is 122 Å². The van der Waals surface area contributed by atoms with Gasteiger partial charge in [-0.3, -0.25) is 0 Å². The predicted octanol–water partition coefficient (Wildman–Crippen LogP) is 3.63.